The van der Waals surface area contributed by atoms with E-state index < -0.39 is 16.4 Å². The van der Waals surface area contributed by atoms with E-state index in [1.54, 1.807) is 0 Å². The molecule has 0 amide bonds. The van der Waals surface area contributed by atoms with Crippen LogP contribution in [0, 0.1) is 11.8 Å². The second-order valence-corrected chi connectivity index (χ2v) is 8.85. The van der Waals surface area contributed by atoms with Crippen LogP contribution in [-0.2, 0) is 19.4 Å². The third-order valence-electron chi connectivity index (χ3n) is 4.33. The number of hydrogen-bond acceptors (Lipinski definition) is 5. The van der Waals surface area contributed by atoms with Gasteiger partial charge in [0.15, 0.2) is 0 Å². The van der Waals surface area contributed by atoms with Crippen molar-refractivity contribution in [2.24, 2.45) is 17.6 Å². The lowest BCUT2D eigenvalue weighted by molar-refractivity contribution is -0.138. The number of hydrogen-bond donors (Lipinski definition) is 3. The zero-order valence-electron chi connectivity index (χ0n) is 18.1. The fraction of sp³-hybridized carbons (Fsp3) is 0.950. The maximum Gasteiger partial charge on any atom is 0.397 e. The van der Waals surface area contributed by atoms with Gasteiger partial charge in [-0.1, -0.05) is 78.6 Å². The first-order chi connectivity index (χ1) is 13.1. The van der Waals surface area contributed by atoms with E-state index in [2.05, 4.69) is 25.0 Å². The molecule has 170 valence electrons. The minimum Gasteiger partial charge on any atom is -0.481 e. The Morgan fingerprint density at radius 3 is 1.79 bits per heavy atom. The second-order valence-electron chi connectivity index (χ2n) is 7.76. The zero-order valence-corrected chi connectivity index (χ0v) is 18.9. The Hall–Kier alpha value is -0.700. The van der Waals surface area contributed by atoms with Gasteiger partial charge in [-0.15, -0.1) is 0 Å². The summed E-state index contributed by atoms with van der Waals surface area (Å²) in [6.07, 6.45) is 13.0. The minimum atomic E-state index is -4.23. The van der Waals surface area contributed by atoms with E-state index in [4.69, 9.17) is 15.4 Å². The predicted octanol–water partition coefficient (Wildman–Crippen LogP) is 4.81. The molecule has 0 saturated carbocycles. The molecule has 7 nitrogen and oxygen atoms in total. The van der Waals surface area contributed by atoms with E-state index >= 15 is 0 Å². The molecule has 0 aliphatic rings. The molecule has 0 aliphatic heterocycles. The molecule has 0 fully saturated rings. The Labute approximate surface area is 172 Å². The monoisotopic (exact) mass is 425 g/mol. The minimum absolute atomic E-state index is 0.0926. The summed E-state index contributed by atoms with van der Waals surface area (Å²) < 4.78 is 33.0. The first-order valence-corrected chi connectivity index (χ1v) is 12.0. The normalized spacial score (nSPS) is 12.5. The van der Waals surface area contributed by atoms with Gasteiger partial charge < -0.3 is 10.8 Å². The van der Waals surface area contributed by atoms with E-state index in [1.165, 1.54) is 44.9 Å². The molecule has 8 heteroatoms. The van der Waals surface area contributed by atoms with Crippen LogP contribution in [0.15, 0.2) is 0 Å². The fourth-order valence-electron chi connectivity index (χ4n) is 2.93. The van der Waals surface area contributed by atoms with Gasteiger partial charge in [-0.2, -0.15) is 8.42 Å². The molecule has 0 aromatic heterocycles. The average molecular weight is 426 g/mol. The molecule has 0 spiro atoms. The third kappa shape index (κ3) is 27.5. The van der Waals surface area contributed by atoms with E-state index in [0.717, 1.165) is 19.3 Å². The third-order valence-corrected chi connectivity index (χ3v) is 4.80. The number of rotatable bonds is 17. The van der Waals surface area contributed by atoms with Crippen LogP contribution in [0.5, 0.6) is 0 Å². The maximum absolute atomic E-state index is 10.3. The number of unbranched alkanes of at least 4 members (excludes halogenated alkanes) is 9. The standard InChI is InChI=1S/C12H26O4S.C8H17NO2/c1-2-3-4-5-6-7-8-9-10-11-12-16-17(13,14)15;1-6(2)3-7(5-9)4-8(10)11/h2-12H2,1H3,(H,13,14,15);6-7H,3-5,9H2,1-2H3,(H,10,11). The number of carbonyl (C=O) groups is 1. The maximum atomic E-state index is 10.3. The summed E-state index contributed by atoms with van der Waals surface area (Å²) in [7, 11) is -4.23. The van der Waals surface area contributed by atoms with Crippen LogP contribution in [0.1, 0.15) is 97.8 Å². The molecule has 0 saturated heterocycles. The molecule has 1 unspecified atom stereocenters. The Balaban J connectivity index is 0. The number of nitrogens with two attached hydrogens (primary N) is 1. The van der Waals surface area contributed by atoms with Crippen LogP contribution in [0.25, 0.3) is 0 Å². The summed E-state index contributed by atoms with van der Waals surface area (Å²) in [5.41, 5.74) is 5.41. The Kier molecular flexibility index (Phi) is 20.7. The van der Waals surface area contributed by atoms with Gasteiger partial charge in [-0.05, 0) is 31.2 Å². The highest BCUT2D eigenvalue weighted by molar-refractivity contribution is 7.80. The van der Waals surface area contributed by atoms with Gasteiger partial charge in [0, 0.05) is 6.42 Å². The Morgan fingerprint density at radius 1 is 0.964 bits per heavy atom. The molecule has 0 aliphatic carbocycles. The van der Waals surface area contributed by atoms with Crippen LogP contribution in [-0.4, -0.2) is 37.2 Å². The highest BCUT2D eigenvalue weighted by atomic mass is 32.3. The zero-order chi connectivity index (χ0) is 21.8. The lowest BCUT2D eigenvalue weighted by Gasteiger charge is -2.13. The van der Waals surface area contributed by atoms with Crippen molar-refractivity contribution in [1.82, 2.24) is 0 Å². The molecule has 4 N–H and O–H groups in total. The van der Waals surface area contributed by atoms with Crippen molar-refractivity contribution in [3.8, 4) is 0 Å². The van der Waals surface area contributed by atoms with E-state index in [1.807, 2.05) is 0 Å². The van der Waals surface area contributed by atoms with Crippen LogP contribution >= 0.6 is 0 Å². The van der Waals surface area contributed by atoms with Crippen molar-refractivity contribution in [3.05, 3.63) is 0 Å². The highest BCUT2D eigenvalue weighted by Gasteiger charge is 2.12. The van der Waals surface area contributed by atoms with Crippen molar-refractivity contribution in [2.45, 2.75) is 97.8 Å². The summed E-state index contributed by atoms with van der Waals surface area (Å²) in [6.45, 7) is 6.93. The van der Waals surface area contributed by atoms with Gasteiger partial charge in [0.1, 0.15) is 0 Å². The summed E-state index contributed by atoms with van der Waals surface area (Å²) in [4.78, 5) is 10.3. The summed E-state index contributed by atoms with van der Waals surface area (Å²) in [5, 5.41) is 8.47. The predicted molar refractivity (Wildman–Crippen MR) is 114 cm³/mol. The summed E-state index contributed by atoms with van der Waals surface area (Å²) >= 11 is 0. The molecule has 0 rings (SSSR count). The topological polar surface area (TPSA) is 127 Å². The Bertz CT molecular complexity index is 454. The van der Waals surface area contributed by atoms with Gasteiger partial charge >= 0.3 is 16.4 Å². The van der Waals surface area contributed by atoms with Crippen LogP contribution in [0.4, 0.5) is 0 Å². The highest BCUT2D eigenvalue weighted by Crippen LogP contribution is 2.13. The van der Waals surface area contributed by atoms with Crippen molar-refractivity contribution < 1.29 is 27.1 Å². The van der Waals surface area contributed by atoms with Crippen molar-refractivity contribution in [1.29, 1.82) is 0 Å². The fourth-order valence-corrected chi connectivity index (χ4v) is 3.26. The smallest absolute Gasteiger partial charge is 0.397 e. The second kappa shape index (κ2) is 19.6. The van der Waals surface area contributed by atoms with Crippen LogP contribution in [0.2, 0.25) is 0 Å². The number of carboxylic acids is 1. The molecule has 28 heavy (non-hydrogen) atoms. The molecule has 0 heterocycles. The summed E-state index contributed by atoms with van der Waals surface area (Å²) in [5.74, 6) is -0.0727. The first kappa shape index (κ1) is 29.5. The van der Waals surface area contributed by atoms with Crippen molar-refractivity contribution >= 4 is 16.4 Å². The molecular weight excluding hydrogens is 382 g/mol. The van der Waals surface area contributed by atoms with Crippen molar-refractivity contribution in [3.63, 3.8) is 0 Å². The number of aliphatic carboxylic acids is 1. The van der Waals surface area contributed by atoms with Gasteiger partial charge in [-0.3, -0.25) is 9.35 Å². The lowest BCUT2D eigenvalue weighted by Crippen LogP contribution is -2.19. The SMILES string of the molecule is CC(C)CC(CN)CC(=O)O.CCCCCCCCCCCCOS(=O)(=O)O. The van der Waals surface area contributed by atoms with Crippen LogP contribution in [0.3, 0.4) is 0 Å². The number of carboxylic acid groups (broad SMARTS) is 1. The largest absolute Gasteiger partial charge is 0.481 e. The van der Waals surface area contributed by atoms with E-state index in [-0.39, 0.29) is 18.9 Å². The summed E-state index contributed by atoms with van der Waals surface area (Å²) in [6, 6.07) is 0. The van der Waals surface area contributed by atoms with E-state index in [0.29, 0.717) is 18.9 Å². The van der Waals surface area contributed by atoms with Gasteiger partial charge in [0.05, 0.1) is 6.61 Å². The lowest BCUT2D eigenvalue weighted by atomic mass is 9.94. The van der Waals surface area contributed by atoms with E-state index in [9.17, 15) is 13.2 Å². The van der Waals surface area contributed by atoms with Gasteiger partial charge in [0.25, 0.3) is 0 Å². The van der Waals surface area contributed by atoms with Crippen molar-refractivity contribution in [2.75, 3.05) is 13.2 Å². The van der Waals surface area contributed by atoms with Gasteiger partial charge in [-0.25, -0.2) is 4.18 Å². The first-order valence-electron chi connectivity index (χ1n) is 10.7. The average Bonchev–Trinajstić information content (AvgIpc) is 2.58. The molecular formula is C20H43NO6S. The Morgan fingerprint density at radius 2 is 1.43 bits per heavy atom. The quantitative estimate of drug-likeness (QED) is 0.225. The molecule has 1 atom stereocenters. The van der Waals surface area contributed by atoms with Gasteiger partial charge in [0.2, 0.25) is 0 Å². The molecule has 0 aromatic rings. The molecule has 0 radical (unpaired) electrons. The molecule has 0 aromatic carbocycles. The van der Waals surface area contributed by atoms with Crippen LogP contribution < -0.4 is 5.73 Å². The molecule has 0 bridgehead atoms.